The van der Waals surface area contributed by atoms with Crippen molar-refractivity contribution in [1.29, 1.82) is 0 Å². The summed E-state index contributed by atoms with van der Waals surface area (Å²) in [5.74, 6) is 0.733. The number of nitrogens with two attached hydrogens (primary N) is 1. The van der Waals surface area contributed by atoms with Crippen LogP contribution in [0.4, 0.5) is 0 Å². The summed E-state index contributed by atoms with van der Waals surface area (Å²) < 4.78 is 0. The van der Waals surface area contributed by atoms with Crippen molar-refractivity contribution in [3.8, 4) is 0 Å². The Kier molecular flexibility index (Phi) is 6.03. The largest absolute Gasteiger partial charge is 0.340 e. The molecule has 1 saturated heterocycles. The van der Waals surface area contributed by atoms with Crippen molar-refractivity contribution in [2.45, 2.75) is 32.2 Å². The minimum Gasteiger partial charge on any atom is -0.340 e. The van der Waals surface area contributed by atoms with E-state index in [2.05, 4.69) is 43.3 Å². The lowest BCUT2D eigenvalue weighted by Crippen LogP contribution is -2.34. The molecule has 3 rings (SSSR count). The number of hydrogen-bond donors (Lipinski definition) is 1. The summed E-state index contributed by atoms with van der Waals surface area (Å²) >= 11 is 0. The van der Waals surface area contributed by atoms with Gasteiger partial charge in [-0.2, -0.15) is 0 Å². The van der Waals surface area contributed by atoms with Gasteiger partial charge in [0.05, 0.1) is 0 Å². The lowest BCUT2D eigenvalue weighted by atomic mass is 10.0. The SMILES string of the molecule is CC1CC(CN)CN1C(=O)CCc1ccc2ccccc2c1.Cl. The van der Waals surface area contributed by atoms with E-state index >= 15 is 0 Å². The maximum Gasteiger partial charge on any atom is 0.223 e. The summed E-state index contributed by atoms with van der Waals surface area (Å²) in [4.78, 5) is 14.5. The molecule has 1 aliphatic rings. The zero-order chi connectivity index (χ0) is 15.5. The molecule has 1 aliphatic heterocycles. The van der Waals surface area contributed by atoms with Gasteiger partial charge in [0, 0.05) is 19.0 Å². The van der Waals surface area contributed by atoms with Crippen LogP contribution in [-0.4, -0.2) is 29.9 Å². The van der Waals surface area contributed by atoms with E-state index < -0.39 is 0 Å². The van der Waals surface area contributed by atoms with Crippen molar-refractivity contribution in [2.75, 3.05) is 13.1 Å². The number of aryl methyl sites for hydroxylation is 1. The third kappa shape index (κ3) is 4.04. The van der Waals surface area contributed by atoms with Crippen LogP contribution in [0.5, 0.6) is 0 Å². The molecular weight excluding hydrogens is 308 g/mol. The molecule has 2 aromatic rings. The highest BCUT2D eigenvalue weighted by Crippen LogP contribution is 2.23. The van der Waals surface area contributed by atoms with Crippen molar-refractivity contribution in [3.63, 3.8) is 0 Å². The van der Waals surface area contributed by atoms with E-state index in [0.717, 1.165) is 19.4 Å². The van der Waals surface area contributed by atoms with E-state index in [0.29, 0.717) is 24.9 Å². The van der Waals surface area contributed by atoms with Gasteiger partial charge >= 0.3 is 0 Å². The van der Waals surface area contributed by atoms with Gasteiger partial charge in [0.25, 0.3) is 0 Å². The van der Waals surface area contributed by atoms with E-state index in [1.807, 2.05) is 11.0 Å². The van der Waals surface area contributed by atoms with E-state index in [4.69, 9.17) is 5.73 Å². The second-order valence-corrected chi connectivity index (χ2v) is 6.41. The van der Waals surface area contributed by atoms with Gasteiger partial charge < -0.3 is 10.6 Å². The summed E-state index contributed by atoms with van der Waals surface area (Å²) in [6, 6.07) is 15.1. The molecule has 2 unspecified atom stereocenters. The van der Waals surface area contributed by atoms with Crippen LogP contribution in [0, 0.1) is 5.92 Å². The Morgan fingerprint density at radius 2 is 1.96 bits per heavy atom. The van der Waals surface area contributed by atoms with Crippen molar-refractivity contribution >= 4 is 29.1 Å². The highest BCUT2D eigenvalue weighted by molar-refractivity contribution is 5.85. The molecule has 1 fully saturated rings. The molecule has 0 saturated carbocycles. The molecule has 124 valence electrons. The fourth-order valence-corrected chi connectivity index (χ4v) is 3.45. The van der Waals surface area contributed by atoms with Crippen LogP contribution < -0.4 is 5.73 Å². The molecule has 2 aromatic carbocycles. The molecule has 0 aliphatic carbocycles. The smallest absolute Gasteiger partial charge is 0.223 e. The Balaban J connectivity index is 0.00000192. The number of nitrogens with zero attached hydrogens (tertiary/aromatic N) is 1. The molecule has 4 heteroatoms. The van der Waals surface area contributed by atoms with Gasteiger partial charge in [-0.25, -0.2) is 0 Å². The van der Waals surface area contributed by atoms with Crippen LogP contribution in [0.15, 0.2) is 42.5 Å². The molecule has 0 aromatic heterocycles. The lowest BCUT2D eigenvalue weighted by molar-refractivity contribution is -0.131. The fraction of sp³-hybridized carbons (Fsp3) is 0.421. The second-order valence-electron chi connectivity index (χ2n) is 6.41. The van der Waals surface area contributed by atoms with E-state index in [1.165, 1.54) is 16.3 Å². The van der Waals surface area contributed by atoms with Crippen molar-refractivity contribution < 1.29 is 4.79 Å². The van der Waals surface area contributed by atoms with Crippen LogP contribution in [0.2, 0.25) is 0 Å². The van der Waals surface area contributed by atoms with Gasteiger partial charge in [-0.05, 0) is 48.6 Å². The van der Waals surface area contributed by atoms with Gasteiger partial charge in [0.1, 0.15) is 0 Å². The quantitative estimate of drug-likeness (QED) is 0.932. The van der Waals surface area contributed by atoms with Gasteiger partial charge in [-0.15, -0.1) is 12.4 Å². The number of amides is 1. The number of hydrogen-bond acceptors (Lipinski definition) is 2. The summed E-state index contributed by atoms with van der Waals surface area (Å²) in [6.45, 7) is 3.64. The minimum absolute atomic E-state index is 0. The molecule has 2 atom stereocenters. The monoisotopic (exact) mass is 332 g/mol. The first kappa shape index (κ1) is 17.8. The normalized spacial score (nSPS) is 20.5. The Labute approximate surface area is 144 Å². The Morgan fingerprint density at radius 3 is 2.65 bits per heavy atom. The Bertz CT molecular complexity index is 673. The zero-order valence-electron chi connectivity index (χ0n) is 13.6. The second kappa shape index (κ2) is 7.80. The zero-order valence-corrected chi connectivity index (χ0v) is 14.4. The van der Waals surface area contributed by atoms with Gasteiger partial charge in [-0.1, -0.05) is 42.5 Å². The average molecular weight is 333 g/mol. The third-order valence-corrected chi connectivity index (χ3v) is 4.76. The van der Waals surface area contributed by atoms with Gasteiger partial charge in [0.15, 0.2) is 0 Å². The van der Waals surface area contributed by atoms with Crippen LogP contribution in [-0.2, 0) is 11.2 Å². The Morgan fingerprint density at radius 1 is 1.22 bits per heavy atom. The van der Waals surface area contributed by atoms with E-state index in [-0.39, 0.29) is 18.3 Å². The number of carbonyl (C=O) groups excluding carboxylic acids is 1. The summed E-state index contributed by atoms with van der Waals surface area (Å²) in [6.07, 6.45) is 2.43. The topological polar surface area (TPSA) is 46.3 Å². The molecule has 0 spiro atoms. The van der Waals surface area contributed by atoms with Crippen LogP contribution in [0.3, 0.4) is 0 Å². The van der Waals surface area contributed by atoms with E-state index in [9.17, 15) is 4.79 Å². The number of fused-ring (bicyclic) bond motifs is 1. The summed E-state index contributed by atoms with van der Waals surface area (Å²) in [5.41, 5.74) is 6.97. The molecule has 23 heavy (non-hydrogen) atoms. The molecular formula is C19H25ClN2O. The number of likely N-dealkylation sites (tertiary alicyclic amines) is 1. The highest BCUT2D eigenvalue weighted by Gasteiger charge is 2.30. The molecule has 1 heterocycles. The van der Waals surface area contributed by atoms with Crippen LogP contribution in [0.25, 0.3) is 10.8 Å². The Hall–Kier alpha value is -1.58. The van der Waals surface area contributed by atoms with Crippen molar-refractivity contribution in [3.05, 3.63) is 48.0 Å². The molecule has 1 amide bonds. The van der Waals surface area contributed by atoms with Gasteiger partial charge in [0.2, 0.25) is 5.91 Å². The maximum atomic E-state index is 12.4. The van der Waals surface area contributed by atoms with Gasteiger partial charge in [-0.3, -0.25) is 4.79 Å². The molecule has 0 bridgehead atoms. The lowest BCUT2D eigenvalue weighted by Gasteiger charge is -2.21. The fourth-order valence-electron chi connectivity index (χ4n) is 3.45. The first-order valence-corrected chi connectivity index (χ1v) is 8.14. The number of halogens is 1. The summed E-state index contributed by atoms with van der Waals surface area (Å²) in [7, 11) is 0. The maximum absolute atomic E-state index is 12.4. The van der Waals surface area contributed by atoms with Crippen LogP contribution in [0.1, 0.15) is 25.3 Å². The van der Waals surface area contributed by atoms with Crippen LogP contribution >= 0.6 is 12.4 Å². The molecule has 3 nitrogen and oxygen atoms in total. The summed E-state index contributed by atoms with van der Waals surface area (Å²) in [5, 5.41) is 2.49. The predicted octanol–water partition coefficient (Wildman–Crippen LogP) is 3.39. The number of benzene rings is 2. The highest BCUT2D eigenvalue weighted by atomic mass is 35.5. The van der Waals surface area contributed by atoms with Crippen molar-refractivity contribution in [2.24, 2.45) is 11.7 Å². The van der Waals surface area contributed by atoms with E-state index in [1.54, 1.807) is 0 Å². The predicted molar refractivity (Wildman–Crippen MR) is 97.9 cm³/mol. The average Bonchev–Trinajstić information content (AvgIpc) is 2.93. The molecule has 0 radical (unpaired) electrons. The first-order valence-electron chi connectivity index (χ1n) is 8.14. The number of carbonyl (C=O) groups is 1. The third-order valence-electron chi connectivity index (χ3n) is 4.76. The first-order chi connectivity index (χ1) is 10.7. The molecule has 2 N–H and O–H groups in total. The number of rotatable bonds is 4. The minimum atomic E-state index is 0. The standard InChI is InChI=1S/C19H24N2O.ClH/c1-14-10-16(12-20)13-21(14)19(22)9-7-15-6-8-17-4-2-3-5-18(17)11-15;/h2-6,8,11,14,16H,7,9-10,12-13,20H2,1H3;1H. The van der Waals surface area contributed by atoms with Crippen molar-refractivity contribution in [1.82, 2.24) is 4.90 Å².